The minimum Gasteiger partial charge on any atom is -0.339 e. The van der Waals surface area contributed by atoms with Gasteiger partial charge in [-0.15, -0.1) is 0 Å². The number of anilines is 1. The van der Waals surface area contributed by atoms with Gasteiger partial charge >= 0.3 is 0 Å². The van der Waals surface area contributed by atoms with Crippen LogP contribution in [0.25, 0.3) is 0 Å². The molecule has 3 nitrogen and oxygen atoms in total. The van der Waals surface area contributed by atoms with E-state index in [-0.39, 0.29) is 0 Å². The van der Waals surface area contributed by atoms with Crippen molar-refractivity contribution < 1.29 is 13.7 Å². The van der Waals surface area contributed by atoms with Gasteiger partial charge in [-0.1, -0.05) is 42.1 Å². The third-order valence-electron chi connectivity index (χ3n) is 3.72. The Morgan fingerprint density at radius 3 is 2.35 bits per heavy atom. The van der Waals surface area contributed by atoms with Gasteiger partial charge in [-0.3, -0.25) is 0 Å². The van der Waals surface area contributed by atoms with E-state index in [4.69, 9.17) is 12.2 Å². The molecule has 0 unspecified atom stereocenters. The molecule has 0 aromatic heterocycles. The van der Waals surface area contributed by atoms with Crippen molar-refractivity contribution in [3.63, 3.8) is 0 Å². The summed E-state index contributed by atoms with van der Waals surface area (Å²) in [7, 11) is 4.22. The highest BCUT2D eigenvalue weighted by Crippen LogP contribution is 2.26. The molecule has 0 aliphatic carbocycles. The first-order valence-corrected chi connectivity index (χ1v) is 9.66. The van der Waals surface area contributed by atoms with Crippen molar-refractivity contribution in [2.24, 2.45) is 0 Å². The lowest BCUT2D eigenvalue weighted by Gasteiger charge is -2.26. The number of alkyl halides is 2. The number of hydrogen-bond acceptors (Lipinski definition) is 2. The summed E-state index contributed by atoms with van der Waals surface area (Å²) in [5.41, 5.74) is 1.98. The number of quaternary nitrogens is 1. The molecule has 0 saturated heterocycles. The lowest BCUT2D eigenvalue weighted by molar-refractivity contribution is -0.857. The monoisotopic (exact) mass is 396 g/mol. The summed E-state index contributed by atoms with van der Waals surface area (Å²) in [4.78, 5) is 4.01. The van der Waals surface area contributed by atoms with Crippen LogP contribution in [-0.2, 0) is 6.54 Å². The van der Waals surface area contributed by atoms with Crippen LogP contribution < -0.4 is 10.2 Å². The fraction of sp³-hybridized carbons (Fsp3) is 0.316. The van der Waals surface area contributed by atoms with Gasteiger partial charge in [-0.25, -0.2) is 0 Å². The fourth-order valence-electron chi connectivity index (χ4n) is 2.34. The molecule has 0 spiro atoms. The van der Waals surface area contributed by atoms with Crippen LogP contribution in [0.3, 0.4) is 0 Å². The van der Waals surface area contributed by atoms with Gasteiger partial charge in [0, 0.05) is 17.1 Å². The molecule has 0 amide bonds. The Bertz CT molecular complexity index is 679. The molecule has 0 saturated carbocycles. The third kappa shape index (κ3) is 7.27. The molecule has 2 aromatic carbocycles. The molecular formula is C19H24F2N3S2+. The van der Waals surface area contributed by atoms with Crippen LogP contribution in [0.4, 0.5) is 14.5 Å². The van der Waals surface area contributed by atoms with Crippen molar-refractivity contribution in [1.29, 1.82) is 0 Å². The largest absolute Gasteiger partial charge is 0.339 e. The zero-order valence-electron chi connectivity index (χ0n) is 14.9. The first kappa shape index (κ1) is 20.6. The Balaban J connectivity index is 2.02. The normalized spacial score (nSPS) is 11.0. The van der Waals surface area contributed by atoms with Gasteiger partial charge in [0.05, 0.1) is 27.2 Å². The van der Waals surface area contributed by atoms with E-state index < -0.39 is 5.76 Å². The number of benzene rings is 2. The van der Waals surface area contributed by atoms with Gasteiger partial charge in [0.25, 0.3) is 5.76 Å². The van der Waals surface area contributed by atoms with Gasteiger partial charge in [-0.05, 0) is 42.0 Å². The van der Waals surface area contributed by atoms with E-state index in [2.05, 4.69) is 36.4 Å². The van der Waals surface area contributed by atoms with Crippen LogP contribution in [0.2, 0.25) is 0 Å². The van der Waals surface area contributed by atoms with Crippen molar-refractivity contribution in [3.8, 4) is 0 Å². The highest BCUT2D eigenvalue weighted by Gasteiger charge is 2.13. The van der Waals surface area contributed by atoms with Crippen molar-refractivity contribution in [1.82, 2.24) is 4.90 Å². The van der Waals surface area contributed by atoms with Gasteiger partial charge < -0.3 is 15.1 Å². The highest BCUT2D eigenvalue weighted by molar-refractivity contribution is 7.99. The molecule has 7 heteroatoms. The molecule has 0 heterocycles. The molecular weight excluding hydrogens is 372 g/mol. The SMILES string of the molecule is C[NH+](C)CCN(Cc1ccccc1)C(=S)Nc1ccc(SC(F)F)cc1. The summed E-state index contributed by atoms with van der Waals surface area (Å²) >= 11 is 6.13. The minimum atomic E-state index is -2.41. The molecule has 0 atom stereocenters. The maximum Gasteiger partial charge on any atom is 0.288 e. The van der Waals surface area contributed by atoms with Gasteiger partial charge in [0.15, 0.2) is 5.11 Å². The number of halogens is 2. The molecule has 0 radical (unpaired) electrons. The molecule has 2 N–H and O–H groups in total. The number of thioether (sulfide) groups is 1. The number of nitrogens with one attached hydrogen (secondary N) is 2. The van der Waals surface area contributed by atoms with Crippen LogP contribution in [0, 0.1) is 0 Å². The first-order valence-electron chi connectivity index (χ1n) is 8.38. The topological polar surface area (TPSA) is 19.7 Å². The maximum atomic E-state index is 12.4. The van der Waals surface area contributed by atoms with E-state index >= 15 is 0 Å². The Hall–Kier alpha value is -1.70. The van der Waals surface area contributed by atoms with E-state index in [0.29, 0.717) is 21.8 Å². The summed E-state index contributed by atoms with van der Waals surface area (Å²) in [6.45, 7) is 2.50. The van der Waals surface area contributed by atoms with E-state index in [9.17, 15) is 8.78 Å². The number of likely N-dealkylation sites (N-methyl/N-ethyl adjacent to an activating group) is 1. The quantitative estimate of drug-likeness (QED) is 0.527. The third-order valence-corrected chi connectivity index (χ3v) is 4.80. The molecule has 0 bridgehead atoms. The average Bonchev–Trinajstić information content (AvgIpc) is 2.60. The van der Waals surface area contributed by atoms with Crippen LogP contribution in [0.1, 0.15) is 5.56 Å². The van der Waals surface area contributed by atoms with E-state index in [1.54, 1.807) is 24.3 Å². The second-order valence-electron chi connectivity index (χ2n) is 6.20. The Morgan fingerprint density at radius 2 is 1.77 bits per heavy atom. The lowest BCUT2D eigenvalue weighted by Crippen LogP contribution is -3.06. The van der Waals surface area contributed by atoms with Crippen molar-refractivity contribution >= 4 is 34.8 Å². The number of thiocarbonyl (C=S) groups is 1. The van der Waals surface area contributed by atoms with Crippen LogP contribution >= 0.6 is 24.0 Å². The standard InChI is InChI=1S/C19H23F2N3S2/c1-23(2)12-13-24(14-15-6-4-3-5-7-15)19(25)22-16-8-10-17(11-9-16)26-18(20)21/h3-11,18H,12-14H2,1-2H3,(H,22,25)/p+1. The number of rotatable bonds is 8. The van der Waals surface area contributed by atoms with Gasteiger partial charge in [0.1, 0.15) is 0 Å². The number of hydrogen-bond donors (Lipinski definition) is 2. The summed E-state index contributed by atoms with van der Waals surface area (Å²) in [6.07, 6.45) is 0. The first-order chi connectivity index (χ1) is 12.4. The lowest BCUT2D eigenvalue weighted by atomic mass is 10.2. The molecule has 140 valence electrons. The zero-order chi connectivity index (χ0) is 18.9. The van der Waals surface area contributed by atoms with Crippen molar-refractivity contribution in [3.05, 3.63) is 60.2 Å². The van der Waals surface area contributed by atoms with Gasteiger partial charge in [0.2, 0.25) is 0 Å². The predicted octanol–water partition coefficient (Wildman–Crippen LogP) is 3.34. The smallest absolute Gasteiger partial charge is 0.288 e. The second-order valence-corrected chi connectivity index (χ2v) is 7.65. The summed E-state index contributed by atoms with van der Waals surface area (Å²) in [6, 6.07) is 17.1. The van der Waals surface area contributed by atoms with Crippen LogP contribution in [0.5, 0.6) is 0 Å². The molecule has 2 aromatic rings. The molecule has 2 rings (SSSR count). The van der Waals surface area contributed by atoms with Gasteiger partial charge in [-0.2, -0.15) is 8.78 Å². The average molecular weight is 397 g/mol. The second kappa shape index (κ2) is 10.4. The molecule has 0 aliphatic rings. The highest BCUT2D eigenvalue weighted by atomic mass is 32.2. The van der Waals surface area contributed by atoms with E-state index in [0.717, 1.165) is 25.3 Å². The zero-order valence-corrected chi connectivity index (χ0v) is 16.5. The minimum absolute atomic E-state index is 0.536. The fourth-order valence-corrected chi connectivity index (χ4v) is 3.11. The maximum absolute atomic E-state index is 12.4. The van der Waals surface area contributed by atoms with Crippen LogP contribution in [-0.4, -0.2) is 43.0 Å². The van der Waals surface area contributed by atoms with Crippen molar-refractivity contribution in [2.75, 3.05) is 32.5 Å². The molecule has 0 fully saturated rings. The van der Waals surface area contributed by atoms with E-state index in [1.165, 1.54) is 10.5 Å². The van der Waals surface area contributed by atoms with E-state index in [1.807, 2.05) is 18.2 Å². The Kier molecular flexibility index (Phi) is 8.28. The Labute approximate surface area is 163 Å². The predicted molar refractivity (Wildman–Crippen MR) is 109 cm³/mol. The summed E-state index contributed by atoms with van der Waals surface area (Å²) < 4.78 is 24.8. The number of nitrogens with zero attached hydrogens (tertiary/aromatic N) is 1. The molecule has 0 aliphatic heterocycles. The van der Waals surface area contributed by atoms with Crippen molar-refractivity contribution in [2.45, 2.75) is 17.2 Å². The van der Waals surface area contributed by atoms with Crippen LogP contribution in [0.15, 0.2) is 59.5 Å². The summed E-state index contributed by atoms with van der Waals surface area (Å²) in [5.74, 6) is -2.41. The summed E-state index contributed by atoms with van der Waals surface area (Å²) in [5, 5.41) is 3.85. The Morgan fingerprint density at radius 1 is 1.12 bits per heavy atom. The molecule has 26 heavy (non-hydrogen) atoms.